The van der Waals surface area contributed by atoms with Crippen LogP contribution >= 0.6 is 0 Å². The summed E-state index contributed by atoms with van der Waals surface area (Å²) in [4.78, 5) is 37.3. The molecule has 2 bridgehead atoms. The fourth-order valence-electron chi connectivity index (χ4n) is 6.56. The first-order valence-corrected chi connectivity index (χ1v) is 15.3. The number of amides is 2. The van der Waals surface area contributed by atoms with Gasteiger partial charge in [-0.2, -0.15) is 13.2 Å². The summed E-state index contributed by atoms with van der Waals surface area (Å²) in [5.74, 6) is -4.41. The summed E-state index contributed by atoms with van der Waals surface area (Å²) in [5, 5.41) is 14.7. The van der Waals surface area contributed by atoms with E-state index in [1.54, 1.807) is 6.92 Å². The molecular weight excluding hydrogens is 612 g/mol. The second kappa shape index (κ2) is 11.2. The lowest BCUT2D eigenvalue weighted by atomic mass is 9.68. The van der Waals surface area contributed by atoms with Gasteiger partial charge in [-0.3, -0.25) is 14.4 Å². The summed E-state index contributed by atoms with van der Waals surface area (Å²) < 4.78 is 88.5. The number of anilines is 1. The minimum Gasteiger partial charge on any atom is -0.496 e. The van der Waals surface area contributed by atoms with Crippen LogP contribution in [-0.4, -0.2) is 56.1 Å². The van der Waals surface area contributed by atoms with E-state index in [-0.39, 0.29) is 47.4 Å². The Bertz CT molecular complexity index is 1610. The maximum Gasteiger partial charge on any atom is 0.501 e. The van der Waals surface area contributed by atoms with Crippen LogP contribution in [0.5, 0.6) is 11.5 Å². The molecule has 3 fully saturated rings. The number of rotatable bonds is 9. The van der Waals surface area contributed by atoms with Crippen LogP contribution in [0.2, 0.25) is 0 Å². The number of hydrogen-bond donors (Lipinski definition) is 3. The first kappa shape index (κ1) is 31.5. The van der Waals surface area contributed by atoms with Crippen LogP contribution in [0.1, 0.15) is 49.4 Å². The van der Waals surface area contributed by atoms with Crippen molar-refractivity contribution in [1.29, 1.82) is 0 Å². The molecule has 2 aromatic rings. The number of ether oxygens (including phenoxy) is 2. The molecule has 15 heteroatoms. The minimum atomic E-state index is -5.63. The van der Waals surface area contributed by atoms with Gasteiger partial charge in [-0.25, -0.2) is 12.8 Å². The Morgan fingerprint density at radius 3 is 2.36 bits per heavy atom. The Morgan fingerprint density at radius 2 is 1.73 bits per heavy atom. The number of hydrogen-bond acceptors (Lipinski definition) is 7. The van der Waals surface area contributed by atoms with Crippen molar-refractivity contribution in [2.75, 3.05) is 12.4 Å². The molecule has 2 amide bonds. The number of aliphatic carboxylic acids is 1. The van der Waals surface area contributed by atoms with Gasteiger partial charge in [-0.1, -0.05) is 6.07 Å². The normalized spacial score (nSPS) is 27.7. The van der Waals surface area contributed by atoms with E-state index in [0.29, 0.717) is 12.8 Å². The molecule has 4 atom stereocenters. The van der Waals surface area contributed by atoms with Crippen LogP contribution in [0, 0.1) is 29.0 Å². The van der Waals surface area contributed by atoms with Crippen LogP contribution < -0.4 is 20.1 Å². The van der Waals surface area contributed by atoms with E-state index in [1.165, 1.54) is 13.2 Å². The molecule has 44 heavy (non-hydrogen) atoms. The molecule has 238 valence electrons. The SMILES string of the molecule is COc1cc(F)c(OC2CC(C)(C(=O)O)C2)cc1C(=O)NC1C2CCC(C2)C1C(=O)Nc1cccc(S(=O)(=O)C(F)(F)F)c1. The topological polar surface area (TPSA) is 148 Å². The maximum absolute atomic E-state index is 14.8. The number of carboxylic acid groups (broad SMARTS) is 1. The molecule has 0 saturated heterocycles. The van der Waals surface area contributed by atoms with Crippen molar-refractivity contribution < 1.29 is 54.9 Å². The Hall–Kier alpha value is -3.88. The molecule has 3 aliphatic carbocycles. The van der Waals surface area contributed by atoms with Gasteiger partial charge in [0.15, 0.2) is 11.6 Å². The predicted molar refractivity (Wildman–Crippen MR) is 146 cm³/mol. The quantitative estimate of drug-likeness (QED) is 0.338. The Balaban J connectivity index is 1.33. The summed E-state index contributed by atoms with van der Waals surface area (Å²) in [6.07, 6.45) is 1.76. The zero-order chi connectivity index (χ0) is 32.2. The van der Waals surface area contributed by atoms with E-state index >= 15 is 0 Å². The van der Waals surface area contributed by atoms with E-state index in [0.717, 1.165) is 36.8 Å². The monoisotopic (exact) mass is 642 g/mol. The van der Waals surface area contributed by atoms with Gasteiger partial charge >= 0.3 is 11.5 Å². The molecule has 0 aliphatic heterocycles. The standard InChI is InChI=1S/C29H30F4N2O8S/c1-28(27(38)39)12-17(13-28)43-22-10-19(21(42-2)11-20(22)30)25(36)35-24-15-7-6-14(8-15)23(24)26(37)34-16-4-3-5-18(9-16)44(40,41)29(31,32)33/h3-5,9-11,14-15,17,23-24H,6-8,12-13H2,1-2H3,(H,34,37)(H,35,36)(H,38,39). The second-order valence-electron chi connectivity index (χ2n) is 11.8. The maximum atomic E-state index is 14.8. The molecule has 0 spiro atoms. The fraction of sp³-hybridized carbons (Fsp3) is 0.483. The van der Waals surface area contributed by atoms with Crippen molar-refractivity contribution in [2.45, 2.75) is 61.6 Å². The smallest absolute Gasteiger partial charge is 0.496 e. The summed E-state index contributed by atoms with van der Waals surface area (Å²) in [5.41, 5.74) is -6.72. The number of sulfone groups is 1. The highest BCUT2D eigenvalue weighted by Crippen LogP contribution is 2.49. The summed E-state index contributed by atoms with van der Waals surface area (Å²) in [7, 11) is -4.38. The third-order valence-electron chi connectivity index (χ3n) is 8.90. The van der Waals surface area contributed by atoms with E-state index in [2.05, 4.69) is 10.6 Å². The highest BCUT2D eigenvalue weighted by atomic mass is 32.2. The van der Waals surface area contributed by atoms with E-state index in [4.69, 9.17) is 9.47 Å². The first-order chi connectivity index (χ1) is 20.5. The number of carbonyl (C=O) groups is 3. The Labute approximate surface area is 250 Å². The minimum absolute atomic E-state index is 0.0730. The van der Waals surface area contributed by atoms with Gasteiger partial charge < -0.3 is 25.2 Å². The molecule has 3 aliphatic rings. The largest absolute Gasteiger partial charge is 0.501 e. The number of fused-ring (bicyclic) bond motifs is 2. The van der Waals surface area contributed by atoms with Gasteiger partial charge in [0, 0.05) is 30.6 Å². The van der Waals surface area contributed by atoms with Gasteiger partial charge in [0.25, 0.3) is 15.7 Å². The fourth-order valence-corrected chi connectivity index (χ4v) is 7.37. The molecule has 4 unspecified atom stereocenters. The molecule has 5 rings (SSSR count). The van der Waals surface area contributed by atoms with E-state index < -0.39 is 67.3 Å². The number of nitrogens with one attached hydrogen (secondary N) is 2. The van der Waals surface area contributed by atoms with Crippen molar-refractivity contribution in [2.24, 2.45) is 23.2 Å². The lowest BCUT2D eigenvalue weighted by molar-refractivity contribution is -0.159. The number of carboxylic acids is 1. The van der Waals surface area contributed by atoms with Crippen molar-refractivity contribution in [3.63, 3.8) is 0 Å². The molecule has 3 N–H and O–H groups in total. The second-order valence-corrected chi connectivity index (χ2v) is 13.8. The van der Waals surface area contributed by atoms with E-state index in [1.807, 2.05) is 0 Å². The summed E-state index contributed by atoms with van der Waals surface area (Å²) >= 11 is 0. The zero-order valence-electron chi connectivity index (χ0n) is 23.6. The van der Waals surface area contributed by atoms with Crippen LogP contribution in [-0.2, 0) is 19.4 Å². The van der Waals surface area contributed by atoms with Gasteiger partial charge in [-0.05, 0) is 62.3 Å². The van der Waals surface area contributed by atoms with Gasteiger partial charge in [0.2, 0.25) is 5.91 Å². The molecule has 0 radical (unpaired) electrons. The van der Waals surface area contributed by atoms with Crippen molar-refractivity contribution in [3.8, 4) is 11.5 Å². The van der Waals surface area contributed by atoms with Gasteiger partial charge in [0.1, 0.15) is 11.9 Å². The third kappa shape index (κ3) is 5.69. The molecule has 0 aromatic heterocycles. The van der Waals surface area contributed by atoms with Crippen LogP contribution in [0.15, 0.2) is 41.3 Å². The number of alkyl halides is 3. The molecule has 2 aromatic carbocycles. The molecule has 0 heterocycles. The number of carbonyl (C=O) groups excluding carboxylic acids is 2. The average Bonchev–Trinajstić information content (AvgIpc) is 3.54. The lowest BCUT2D eigenvalue weighted by Crippen LogP contribution is -2.48. The van der Waals surface area contributed by atoms with Crippen LogP contribution in [0.25, 0.3) is 0 Å². The molecule has 10 nitrogen and oxygen atoms in total. The predicted octanol–water partition coefficient (Wildman–Crippen LogP) is 4.54. The van der Waals surface area contributed by atoms with Crippen LogP contribution in [0.3, 0.4) is 0 Å². The number of benzene rings is 2. The summed E-state index contributed by atoms with van der Waals surface area (Å²) in [6, 6.07) is 5.32. The first-order valence-electron chi connectivity index (χ1n) is 13.8. The van der Waals surface area contributed by atoms with Crippen molar-refractivity contribution in [3.05, 3.63) is 47.8 Å². The number of halogens is 4. The molecule has 3 saturated carbocycles. The average molecular weight is 643 g/mol. The van der Waals surface area contributed by atoms with Crippen LogP contribution in [0.4, 0.5) is 23.2 Å². The zero-order valence-corrected chi connectivity index (χ0v) is 24.4. The Kier molecular flexibility index (Phi) is 8.06. The van der Waals surface area contributed by atoms with Gasteiger partial charge in [0.05, 0.1) is 28.9 Å². The van der Waals surface area contributed by atoms with Crippen molar-refractivity contribution >= 4 is 33.3 Å². The highest BCUT2D eigenvalue weighted by Gasteiger charge is 2.52. The molecular formula is C29H30F4N2O8S. The van der Waals surface area contributed by atoms with Gasteiger partial charge in [-0.15, -0.1) is 0 Å². The lowest BCUT2D eigenvalue weighted by Gasteiger charge is -2.41. The number of methoxy groups -OCH3 is 1. The third-order valence-corrected chi connectivity index (χ3v) is 10.4. The Morgan fingerprint density at radius 1 is 1.05 bits per heavy atom. The van der Waals surface area contributed by atoms with E-state index in [9.17, 15) is 45.5 Å². The van der Waals surface area contributed by atoms with Crippen molar-refractivity contribution in [1.82, 2.24) is 5.32 Å². The highest BCUT2D eigenvalue weighted by molar-refractivity contribution is 7.92. The summed E-state index contributed by atoms with van der Waals surface area (Å²) in [6.45, 7) is 1.56.